The molecule has 0 atom stereocenters. The van der Waals surface area contributed by atoms with E-state index >= 15 is 0 Å². The van der Waals surface area contributed by atoms with Gasteiger partial charge in [-0.05, 0) is 12.2 Å². The first-order chi connectivity index (χ1) is 3.18. The van der Waals surface area contributed by atoms with Gasteiger partial charge in [0.05, 0.1) is 5.49 Å². The van der Waals surface area contributed by atoms with E-state index in [9.17, 15) is 0 Å². The van der Waals surface area contributed by atoms with Crippen molar-refractivity contribution in [2.75, 3.05) is 7.05 Å². The second kappa shape index (κ2) is 2.87. The molecule has 7 heavy (non-hydrogen) atoms. The van der Waals surface area contributed by atoms with Gasteiger partial charge in [0.15, 0.2) is 5.11 Å². The first kappa shape index (κ1) is 6.78. The first-order valence-electron chi connectivity index (χ1n) is 1.66. The van der Waals surface area contributed by atoms with E-state index in [2.05, 4.69) is 24.4 Å². The Bertz CT molecular complexity index is 90.9. The van der Waals surface area contributed by atoms with Crippen LogP contribution in [0.15, 0.2) is 0 Å². The molecule has 0 aliphatic carbocycles. The lowest BCUT2D eigenvalue weighted by atomic mass is 10.9. The molecular weight excluding hydrogens is 128 g/mol. The van der Waals surface area contributed by atoms with Crippen LogP contribution < -0.4 is 5.73 Å². The molecule has 0 saturated heterocycles. The molecule has 0 amide bonds. The molecule has 4 heteroatoms. The van der Waals surface area contributed by atoms with E-state index in [0.717, 1.165) is 0 Å². The van der Waals surface area contributed by atoms with Crippen LogP contribution in [0.1, 0.15) is 0 Å². The summed E-state index contributed by atoms with van der Waals surface area (Å²) >= 11 is 9.01. The molecule has 0 aliphatic heterocycles. The molecule has 0 radical (unpaired) electrons. The summed E-state index contributed by atoms with van der Waals surface area (Å²) in [5.74, 6) is 0. The summed E-state index contributed by atoms with van der Waals surface area (Å²) in [5.41, 5.74) is 6.50. The minimum absolute atomic E-state index is 0.301. The fraction of sp³-hybridized carbons (Fsp3) is 0.333. The van der Waals surface area contributed by atoms with Crippen molar-refractivity contribution in [1.29, 1.82) is 0 Å². The lowest BCUT2D eigenvalue weighted by Gasteiger charge is -2.06. The molecule has 0 heterocycles. The maximum Gasteiger partial charge on any atom is 0.170 e. The molecule has 2 nitrogen and oxygen atoms in total. The topological polar surface area (TPSA) is 29.3 Å². The highest BCUT2D eigenvalue weighted by molar-refractivity contribution is 7.81. The molecule has 0 bridgehead atoms. The van der Waals surface area contributed by atoms with Crippen LogP contribution in [0.25, 0.3) is 0 Å². The zero-order valence-corrected chi connectivity index (χ0v) is 5.55. The quantitative estimate of drug-likeness (QED) is 0.516. The van der Waals surface area contributed by atoms with Crippen molar-refractivity contribution in [3.63, 3.8) is 0 Å². The molecule has 0 fully saturated rings. The fourth-order valence-electron chi connectivity index (χ4n) is 0.0519. The standard InChI is InChI=1S/C3H6N2S2/c1-5(2-6)3(4)7/h2H,1H3,(H2,4,7). The zero-order chi connectivity index (χ0) is 5.86. The number of thiocarbonyl (C=S) groups is 2. The van der Waals surface area contributed by atoms with Crippen LogP contribution in [0.4, 0.5) is 0 Å². The van der Waals surface area contributed by atoms with Crippen molar-refractivity contribution in [3.8, 4) is 0 Å². The average molecular weight is 134 g/mol. The van der Waals surface area contributed by atoms with Gasteiger partial charge >= 0.3 is 0 Å². The van der Waals surface area contributed by atoms with Crippen LogP contribution >= 0.6 is 24.4 Å². The summed E-state index contributed by atoms with van der Waals surface area (Å²) in [6.07, 6.45) is 0. The third-order valence-corrected chi connectivity index (χ3v) is 1.11. The fourth-order valence-corrected chi connectivity index (χ4v) is 0.285. The van der Waals surface area contributed by atoms with E-state index in [1.807, 2.05) is 0 Å². The van der Waals surface area contributed by atoms with Gasteiger partial charge in [-0.25, -0.2) is 0 Å². The third-order valence-electron chi connectivity index (χ3n) is 0.506. The minimum Gasteiger partial charge on any atom is -0.376 e. The summed E-state index contributed by atoms with van der Waals surface area (Å²) in [6, 6.07) is 0. The molecule has 0 spiro atoms. The van der Waals surface area contributed by atoms with Crippen molar-refractivity contribution in [2.24, 2.45) is 5.73 Å². The van der Waals surface area contributed by atoms with Gasteiger partial charge in [-0.3, -0.25) is 0 Å². The minimum atomic E-state index is 0.301. The predicted molar refractivity (Wildman–Crippen MR) is 38.2 cm³/mol. The van der Waals surface area contributed by atoms with Gasteiger partial charge < -0.3 is 10.6 Å². The van der Waals surface area contributed by atoms with E-state index in [0.29, 0.717) is 5.11 Å². The molecule has 0 aromatic carbocycles. The molecule has 0 rings (SSSR count). The second-order valence-corrected chi connectivity index (χ2v) is 1.68. The van der Waals surface area contributed by atoms with Gasteiger partial charge in [-0.15, -0.1) is 0 Å². The van der Waals surface area contributed by atoms with Crippen LogP contribution in [-0.4, -0.2) is 22.6 Å². The molecular formula is C3H6N2S2. The Hall–Kier alpha value is -0.220. The van der Waals surface area contributed by atoms with E-state index in [-0.39, 0.29) is 0 Å². The van der Waals surface area contributed by atoms with Crippen LogP contribution in [0, 0.1) is 0 Å². The van der Waals surface area contributed by atoms with Crippen molar-refractivity contribution >= 4 is 35.0 Å². The Labute approximate surface area is 53.3 Å². The lowest BCUT2D eigenvalue weighted by Crippen LogP contribution is -2.29. The third kappa shape index (κ3) is 2.47. The molecule has 0 aliphatic rings. The van der Waals surface area contributed by atoms with Crippen LogP contribution in [0.2, 0.25) is 0 Å². The molecule has 0 unspecified atom stereocenters. The Morgan fingerprint density at radius 3 is 2.29 bits per heavy atom. The normalized spacial score (nSPS) is 7.57. The summed E-state index contributed by atoms with van der Waals surface area (Å²) < 4.78 is 0. The molecule has 40 valence electrons. The summed E-state index contributed by atoms with van der Waals surface area (Å²) in [5, 5.41) is 0.301. The Kier molecular flexibility index (Phi) is 2.78. The highest BCUT2D eigenvalue weighted by atomic mass is 32.1. The van der Waals surface area contributed by atoms with Crippen molar-refractivity contribution < 1.29 is 0 Å². The largest absolute Gasteiger partial charge is 0.376 e. The maximum absolute atomic E-state index is 5.11. The molecule has 0 aromatic heterocycles. The van der Waals surface area contributed by atoms with Gasteiger partial charge in [-0.1, -0.05) is 12.2 Å². The Morgan fingerprint density at radius 2 is 2.29 bits per heavy atom. The number of nitrogens with two attached hydrogens (primary N) is 1. The maximum atomic E-state index is 5.11. The Balaban J connectivity index is 3.55. The van der Waals surface area contributed by atoms with Gasteiger partial charge in [0.25, 0.3) is 0 Å². The molecule has 2 N–H and O–H groups in total. The highest BCUT2D eigenvalue weighted by Crippen LogP contribution is 1.72. The van der Waals surface area contributed by atoms with Gasteiger partial charge in [0, 0.05) is 7.05 Å². The second-order valence-electron chi connectivity index (χ2n) is 1.05. The van der Waals surface area contributed by atoms with E-state index in [1.54, 1.807) is 7.05 Å². The number of rotatable bonds is 1. The van der Waals surface area contributed by atoms with Crippen molar-refractivity contribution in [3.05, 3.63) is 0 Å². The number of hydrogen-bond donors (Lipinski definition) is 1. The van der Waals surface area contributed by atoms with Gasteiger partial charge in [0.1, 0.15) is 0 Å². The lowest BCUT2D eigenvalue weighted by molar-refractivity contribution is 0.797. The van der Waals surface area contributed by atoms with E-state index in [4.69, 9.17) is 5.73 Å². The summed E-state index contributed by atoms with van der Waals surface area (Å²) in [7, 11) is 1.70. The smallest absolute Gasteiger partial charge is 0.170 e. The van der Waals surface area contributed by atoms with E-state index in [1.165, 1.54) is 10.4 Å². The van der Waals surface area contributed by atoms with E-state index < -0.39 is 0 Å². The SMILES string of the molecule is CN(C=S)C(N)=S. The van der Waals surface area contributed by atoms with Crippen molar-refractivity contribution in [1.82, 2.24) is 4.90 Å². The van der Waals surface area contributed by atoms with Gasteiger partial charge in [-0.2, -0.15) is 0 Å². The first-order valence-corrected chi connectivity index (χ1v) is 2.54. The monoisotopic (exact) mass is 134 g/mol. The zero-order valence-electron chi connectivity index (χ0n) is 3.92. The van der Waals surface area contributed by atoms with Crippen LogP contribution in [-0.2, 0) is 0 Å². The molecule has 0 aromatic rings. The average Bonchev–Trinajstić information content (AvgIpc) is 1.65. The van der Waals surface area contributed by atoms with Crippen molar-refractivity contribution in [2.45, 2.75) is 0 Å². The summed E-state index contributed by atoms with van der Waals surface area (Å²) in [4.78, 5) is 1.49. The van der Waals surface area contributed by atoms with Crippen LogP contribution in [0.5, 0.6) is 0 Å². The van der Waals surface area contributed by atoms with Gasteiger partial charge in [0.2, 0.25) is 0 Å². The Morgan fingerprint density at radius 1 is 1.86 bits per heavy atom. The predicted octanol–water partition coefficient (Wildman–Crippen LogP) is 0.119. The number of hydrogen-bond acceptors (Lipinski definition) is 2. The summed E-state index contributed by atoms with van der Waals surface area (Å²) in [6.45, 7) is 0. The molecule has 0 saturated carbocycles. The number of nitrogens with zero attached hydrogens (tertiary/aromatic N) is 1. The highest BCUT2D eigenvalue weighted by Gasteiger charge is 1.87. The van der Waals surface area contributed by atoms with Crippen LogP contribution in [0.3, 0.4) is 0 Å².